The van der Waals surface area contributed by atoms with Gasteiger partial charge in [0, 0.05) is 12.3 Å². The van der Waals surface area contributed by atoms with Gasteiger partial charge in [-0.25, -0.2) is 4.79 Å². The standard InChI is InChI=1S/C23H33NO3Si/c1-23(2,3)27-22(26)24-21(17-11-12-18-25)28(4,19-13-7-5-8-14-19)20-15-9-6-10-16-20/h5-10,13-16,21,25H,11-12,17-18H2,1-4H3,(H,24,26)/t21-/m1/s1. The number of aliphatic hydroxyl groups is 1. The molecule has 0 radical (unpaired) electrons. The molecule has 1 atom stereocenters. The maximum absolute atomic E-state index is 12.7. The smallest absolute Gasteiger partial charge is 0.407 e. The van der Waals surface area contributed by atoms with Gasteiger partial charge in [-0.05, 0) is 40.0 Å². The molecule has 2 rings (SSSR count). The first-order valence-corrected chi connectivity index (χ1v) is 12.6. The molecule has 0 heterocycles. The summed E-state index contributed by atoms with van der Waals surface area (Å²) in [7, 11) is -2.31. The Balaban J connectivity index is 2.44. The minimum Gasteiger partial charge on any atom is -0.444 e. The Bertz CT molecular complexity index is 689. The van der Waals surface area contributed by atoms with Crippen molar-refractivity contribution in [3.63, 3.8) is 0 Å². The molecule has 152 valence electrons. The van der Waals surface area contributed by atoms with Gasteiger partial charge < -0.3 is 15.2 Å². The predicted octanol–water partition coefficient (Wildman–Crippen LogP) is 3.47. The van der Waals surface area contributed by atoms with Gasteiger partial charge in [0.05, 0.1) is 0 Å². The lowest BCUT2D eigenvalue weighted by atomic mass is 10.2. The number of nitrogens with one attached hydrogen (secondary N) is 1. The number of hydrogen-bond acceptors (Lipinski definition) is 3. The summed E-state index contributed by atoms with van der Waals surface area (Å²) in [5.41, 5.74) is -0.587. The maximum atomic E-state index is 12.7. The summed E-state index contributed by atoms with van der Waals surface area (Å²) in [6, 6.07) is 20.9. The third-order valence-corrected chi connectivity index (χ3v) is 9.93. The van der Waals surface area contributed by atoms with E-state index >= 15 is 0 Å². The van der Waals surface area contributed by atoms with Crippen molar-refractivity contribution in [3.8, 4) is 0 Å². The summed E-state index contributed by atoms with van der Waals surface area (Å²) >= 11 is 0. The average molecular weight is 400 g/mol. The molecule has 5 heteroatoms. The van der Waals surface area contributed by atoms with Crippen molar-refractivity contribution < 1.29 is 14.6 Å². The predicted molar refractivity (Wildman–Crippen MR) is 118 cm³/mol. The largest absolute Gasteiger partial charge is 0.444 e. The highest BCUT2D eigenvalue weighted by molar-refractivity contribution is 7.02. The van der Waals surface area contributed by atoms with E-state index in [-0.39, 0.29) is 18.4 Å². The second-order valence-corrected chi connectivity index (χ2v) is 12.6. The van der Waals surface area contributed by atoms with Crippen molar-refractivity contribution in [2.75, 3.05) is 6.61 Å². The summed E-state index contributed by atoms with van der Waals surface area (Å²) in [6.07, 6.45) is 1.98. The number of carbonyl (C=O) groups excluding carboxylic acids is 1. The zero-order valence-electron chi connectivity index (χ0n) is 17.4. The molecule has 0 aliphatic carbocycles. The molecule has 1 amide bonds. The first-order valence-electron chi connectivity index (χ1n) is 9.99. The second kappa shape index (κ2) is 9.89. The van der Waals surface area contributed by atoms with Crippen molar-refractivity contribution in [2.24, 2.45) is 0 Å². The fraction of sp³-hybridized carbons (Fsp3) is 0.435. The molecule has 0 unspecified atom stereocenters. The van der Waals surface area contributed by atoms with E-state index in [0.717, 1.165) is 19.3 Å². The normalized spacial score (nSPS) is 13.0. The lowest BCUT2D eigenvalue weighted by Crippen LogP contribution is -2.69. The van der Waals surface area contributed by atoms with Crippen molar-refractivity contribution in [1.82, 2.24) is 5.32 Å². The van der Waals surface area contributed by atoms with Crippen LogP contribution < -0.4 is 15.7 Å². The summed E-state index contributed by atoms with van der Waals surface area (Å²) in [4.78, 5) is 12.7. The van der Waals surface area contributed by atoms with E-state index in [1.807, 2.05) is 32.9 Å². The highest BCUT2D eigenvalue weighted by Crippen LogP contribution is 2.17. The topological polar surface area (TPSA) is 58.6 Å². The number of hydrogen-bond donors (Lipinski definition) is 2. The van der Waals surface area contributed by atoms with Crippen LogP contribution in [0.5, 0.6) is 0 Å². The number of amides is 1. The molecule has 0 saturated heterocycles. The van der Waals surface area contributed by atoms with E-state index in [2.05, 4.69) is 60.4 Å². The van der Waals surface area contributed by atoms with Crippen LogP contribution in [0.1, 0.15) is 40.0 Å². The first-order chi connectivity index (χ1) is 13.3. The molecule has 2 aromatic carbocycles. The number of rotatable bonds is 8. The molecule has 0 saturated carbocycles. The molecule has 0 bridgehead atoms. The number of carbonyl (C=O) groups is 1. The van der Waals surface area contributed by atoms with Gasteiger partial charge in [0.25, 0.3) is 0 Å². The van der Waals surface area contributed by atoms with Crippen LogP contribution in [0.25, 0.3) is 0 Å². The van der Waals surface area contributed by atoms with Gasteiger partial charge in [-0.15, -0.1) is 0 Å². The van der Waals surface area contributed by atoms with Crippen LogP contribution in [0, 0.1) is 0 Å². The Hall–Kier alpha value is -2.11. The monoisotopic (exact) mass is 399 g/mol. The van der Waals surface area contributed by atoms with E-state index in [4.69, 9.17) is 4.74 Å². The van der Waals surface area contributed by atoms with Crippen LogP contribution >= 0.6 is 0 Å². The van der Waals surface area contributed by atoms with Gasteiger partial charge in [-0.2, -0.15) is 0 Å². The Morgan fingerprint density at radius 3 is 1.93 bits per heavy atom. The van der Waals surface area contributed by atoms with Crippen LogP contribution in [0.15, 0.2) is 60.7 Å². The summed E-state index contributed by atoms with van der Waals surface area (Å²) < 4.78 is 5.56. The molecule has 2 aromatic rings. The van der Waals surface area contributed by atoms with Crippen LogP contribution in [0.4, 0.5) is 4.79 Å². The molecule has 28 heavy (non-hydrogen) atoms. The fourth-order valence-electron chi connectivity index (χ4n) is 3.55. The van der Waals surface area contributed by atoms with Crippen LogP contribution in [0.3, 0.4) is 0 Å². The van der Waals surface area contributed by atoms with Crippen LogP contribution in [-0.4, -0.2) is 37.1 Å². The van der Waals surface area contributed by atoms with Crippen molar-refractivity contribution in [2.45, 2.75) is 57.8 Å². The number of benzene rings is 2. The van der Waals surface area contributed by atoms with Crippen LogP contribution in [-0.2, 0) is 4.74 Å². The molecule has 4 nitrogen and oxygen atoms in total. The second-order valence-electron chi connectivity index (χ2n) is 8.35. The number of alkyl carbamates (subject to hydrolysis) is 1. The van der Waals surface area contributed by atoms with Crippen molar-refractivity contribution in [1.29, 1.82) is 0 Å². The molecule has 0 aromatic heterocycles. The number of ether oxygens (including phenoxy) is 1. The quantitative estimate of drug-likeness (QED) is 0.528. The summed E-state index contributed by atoms with van der Waals surface area (Å²) in [6.45, 7) is 8.09. The van der Waals surface area contributed by atoms with Gasteiger partial charge in [-0.1, -0.05) is 77.6 Å². The lowest BCUT2D eigenvalue weighted by molar-refractivity contribution is 0.0516. The van der Waals surface area contributed by atoms with E-state index < -0.39 is 13.7 Å². The molecule has 2 N–H and O–H groups in total. The third-order valence-electron chi connectivity index (χ3n) is 5.04. The van der Waals surface area contributed by atoms with Crippen LogP contribution in [0.2, 0.25) is 6.55 Å². The SMILES string of the molecule is CC(C)(C)OC(=O)N[C@@H](CCCCO)[Si](C)(c1ccccc1)c1ccccc1. The Labute approximate surface area is 170 Å². The molecule has 0 spiro atoms. The minimum atomic E-state index is -2.31. The number of unbranched alkanes of at least 4 members (excludes halogenated alkanes) is 1. The van der Waals surface area contributed by atoms with Gasteiger partial charge in [0.15, 0.2) is 0 Å². The lowest BCUT2D eigenvalue weighted by Gasteiger charge is -2.38. The van der Waals surface area contributed by atoms with Gasteiger partial charge >= 0.3 is 6.09 Å². The summed E-state index contributed by atoms with van der Waals surface area (Å²) in [5.74, 6) is 0. The Morgan fingerprint density at radius 2 is 1.50 bits per heavy atom. The summed E-state index contributed by atoms with van der Waals surface area (Å²) in [5, 5.41) is 15.0. The van der Waals surface area contributed by atoms with Gasteiger partial charge in [0.1, 0.15) is 13.7 Å². The molecule has 0 aliphatic heterocycles. The molecule has 0 aliphatic rings. The zero-order chi connectivity index (χ0) is 20.6. The highest BCUT2D eigenvalue weighted by Gasteiger charge is 2.41. The first kappa shape index (κ1) is 22.2. The van der Waals surface area contributed by atoms with E-state index in [1.54, 1.807) is 0 Å². The zero-order valence-corrected chi connectivity index (χ0v) is 18.4. The minimum absolute atomic E-state index is 0.0429. The highest BCUT2D eigenvalue weighted by atomic mass is 28.3. The van der Waals surface area contributed by atoms with E-state index in [1.165, 1.54) is 10.4 Å². The van der Waals surface area contributed by atoms with Crippen molar-refractivity contribution in [3.05, 3.63) is 60.7 Å². The molecular formula is C23H33NO3Si. The van der Waals surface area contributed by atoms with Crippen molar-refractivity contribution >= 4 is 24.5 Å². The average Bonchev–Trinajstić information content (AvgIpc) is 2.66. The number of aliphatic hydroxyl groups excluding tert-OH is 1. The van der Waals surface area contributed by atoms with Gasteiger partial charge in [-0.3, -0.25) is 0 Å². The molecular weight excluding hydrogens is 366 g/mol. The maximum Gasteiger partial charge on any atom is 0.407 e. The fourth-order valence-corrected chi connectivity index (χ4v) is 7.65. The molecule has 0 fully saturated rings. The van der Waals surface area contributed by atoms with Gasteiger partial charge in [0.2, 0.25) is 0 Å². The third kappa shape index (κ3) is 5.94. The Kier molecular flexibility index (Phi) is 7.84. The Morgan fingerprint density at radius 1 is 1.00 bits per heavy atom. The van der Waals surface area contributed by atoms with E-state index in [0.29, 0.717) is 0 Å². The van der Waals surface area contributed by atoms with E-state index in [9.17, 15) is 9.90 Å².